The Balaban J connectivity index is 1.63. The number of hydrogen-bond acceptors (Lipinski definition) is 7. The number of barbiturate groups is 1. The molecule has 0 saturated carbocycles. The van der Waals surface area contributed by atoms with Gasteiger partial charge in [0.15, 0.2) is 12.0 Å². The van der Waals surface area contributed by atoms with Gasteiger partial charge < -0.3 is 9.64 Å². The van der Waals surface area contributed by atoms with E-state index in [1.165, 1.54) is 20.2 Å². The third-order valence-corrected chi connectivity index (χ3v) is 6.82. The van der Waals surface area contributed by atoms with Gasteiger partial charge in [-0.05, 0) is 48.6 Å². The van der Waals surface area contributed by atoms with Gasteiger partial charge in [-0.3, -0.25) is 24.2 Å². The van der Waals surface area contributed by atoms with Gasteiger partial charge >= 0.3 is 12.0 Å². The Labute approximate surface area is 178 Å². The molecule has 1 aromatic carbocycles. The van der Waals surface area contributed by atoms with Gasteiger partial charge in [-0.15, -0.1) is 0 Å². The molecule has 0 N–H and O–H groups in total. The number of ketones is 1. The minimum absolute atomic E-state index is 0.0144. The maximum Gasteiger partial charge on any atom is 0.342 e. The molecular weight excluding hydrogens is 402 g/mol. The minimum Gasteiger partial charge on any atom is -0.454 e. The number of carbonyl (C=O) groups excluding carboxylic acids is 5. The second-order valence-corrected chi connectivity index (χ2v) is 8.46. The van der Waals surface area contributed by atoms with Crippen molar-refractivity contribution in [3.8, 4) is 0 Å². The van der Waals surface area contributed by atoms with Gasteiger partial charge in [0.25, 0.3) is 0 Å². The van der Waals surface area contributed by atoms with Crippen LogP contribution in [0.2, 0.25) is 0 Å². The molecule has 0 aromatic heterocycles. The lowest BCUT2D eigenvalue weighted by molar-refractivity contribution is -0.159. The summed E-state index contributed by atoms with van der Waals surface area (Å²) in [4.78, 5) is 67.0. The number of benzene rings is 1. The average Bonchev–Trinajstić information content (AvgIpc) is 3.38. The summed E-state index contributed by atoms with van der Waals surface area (Å²) in [5.74, 6) is -2.00. The summed E-state index contributed by atoms with van der Waals surface area (Å²) in [7, 11) is 2.81. The molecule has 31 heavy (non-hydrogen) atoms. The Morgan fingerprint density at radius 3 is 2.42 bits per heavy atom. The molecule has 160 valence electrons. The Kier molecular flexibility index (Phi) is 4.08. The van der Waals surface area contributed by atoms with E-state index in [-0.39, 0.29) is 30.4 Å². The number of carbonyl (C=O) groups is 5. The zero-order valence-corrected chi connectivity index (χ0v) is 17.2. The highest BCUT2D eigenvalue weighted by atomic mass is 16.5. The first-order valence-corrected chi connectivity index (χ1v) is 10.2. The molecule has 3 fully saturated rings. The summed E-state index contributed by atoms with van der Waals surface area (Å²) in [6, 6.07) is 4.55. The summed E-state index contributed by atoms with van der Waals surface area (Å²) in [6.07, 6.45) is 3.14. The van der Waals surface area contributed by atoms with Crippen molar-refractivity contribution >= 4 is 41.4 Å². The monoisotopic (exact) mass is 423 g/mol. The molecule has 9 nitrogen and oxygen atoms in total. The molecule has 4 aliphatic rings. The number of esters is 1. The summed E-state index contributed by atoms with van der Waals surface area (Å²) in [5, 5.41) is 0. The molecule has 0 bridgehead atoms. The van der Waals surface area contributed by atoms with Crippen molar-refractivity contribution in [3.63, 3.8) is 0 Å². The van der Waals surface area contributed by atoms with Crippen LogP contribution >= 0.6 is 0 Å². The van der Waals surface area contributed by atoms with Crippen LogP contribution in [0, 0.1) is 5.41 Å². The van der Waals surface area contributed by atoms with E-state index in [1.807, 2.05) is 12.1 Å². The van der Waals surface area contributed by atoms with Gasteiger partial charge in [0.05, 0.1) is 6.04 Å². The standard InChI is InChI=1S/C22H21N3O6/c1-23-19(28)22(20(29)24(2)21(23)30)10-13-8-12(9-14-16(26)11-31-18(14)27)5-6-15(13)25-7-3-4-17(22)25/h5-6,8-9,17H,3-4,7,10-11H2,1-2H3/b14-9-. The maximum atomic E-state index is 13.4. The first-order valence-electron chi connectivity index (χ1n) is 10.2. The van der Waals surface area contributed by atoms with Crippen LogP contribution in [0.25, 0.3) is 6.08 Å². The highest BCUT2D eigenvalue weighted by Gasteiger charge is 2.63. The fraction of sp³-hybridized carbons (Fsp3) is 0.409. The number of urea groups is 1. The molecule has 1 aromatic rings. The molecule has 1 spiro atoms. The number of hydrogen-bond donors (Lipinski definition) is 0. The normalized spacial score (nSPS) is 26.1. The smallest absolute Gasteiger partial charge is 0.342 e. The largest absolute Gasteiger partial charge is 0.454 e. The topological polar surface area (TPSA) is 104 Å². The number of amides is 4. The lowest BCUT2D eigenvalue weighted by Crippen LogP contribution is -2.70. The molecule has 0 radical (unpaired) electrons. The summed E-state index contributed by atoms with van der Waals surface area (Å²) in [5.41, 5.74) is 0.915. The highest BCUT2D eigenvalue weighted by Crippen LogP contribution is 2.49. The molecule has 4 aliphatic heterocycles. The lowest BCUT2D eigenvalue weighted by atomic mass is 9.68. The fourth-order valence-electron chi connectivity index (χ4n) is 5.33. The van der Waals surface area contributed by atoms with Crippen molar-refractivity contribution < 1.29 is 28.7 Å². The molecule has 4 heterocycles. The summed E-state index contributed by atoms with van der Waals surface area (Å²) < 4.78 is 4.77. The Hall–Kier alpha value is -3.49. The van der Waals surface area contributed by atoms with Gasteiger partial charge in [0.1, 0.15) is 5.57 Å². The van der Waals surface area contributed by atoms with Crippen molar-refractivity contribution in [1.29, 1.82) is 0 Å². The number of rotatable bonds is 1. The van der Waals surface area contributed by atoms with Crippen molar-refractivity contribution in [2.24, 2.45) is 5.41 Å². The van der Waals surface area contributed by atoms with Crippen molar-refractivity contribution in [2.75, 3.05) is 32.1 Å². The van der Waals surface area contributed by atoms with E-state index in [1.54, 1.807) is 6.07 Å². The summed E-state index contributed by atoms with van der Waals surface area (Å²) >= 11 is 0. The van der Waals surface area contributed by atoms with Crippen LogP contribution in [0.15, 0.2) is 23.8 Å². The third kappa shape index (κ3) is 2.52. The van der Waals surface area contributed by atoms with Crippen LogP contribution < -0.4 is 4.90 Å². The van der Waals surface area contributed by atoms with Crippen molar-refractivity contribution in [3.05, 3.63) is 34.9 Å². The molecule has 5 rings (SSSR count). The van der Waals surface area contributed by atoms with Crippen LogP contribution in [0.3, 0.4) is 0 Å². The number of Topliss-reactive ketones (excluding diaryl/α,β-unsaturated/α-hetero) is 1. The van der Waals surface area contributed by atoms with Gasteiger partial charge in [-0.2, -0.15) is 0 Å². The van der Waals surface area contributed by atoms with Crippen LogP contribution in [-0.4, -0.2) is 72.7 Å². The minimum atomic E-state index is -1.38. The third-order valence-electron chi connectivity index (χ3n) is 6.82. The van der Waals surface area contributed by atoms with Gasteiger partial charge in [0.2, 0.25) is 17.6 Å². The van der Waals surface area contributed by atoms with E-state index in [0.717, 1.165) is 27.5 Å². The Bertz CT molecular complexity index is 1060. The first kappa shape index (κ1) is 19.5. The second kappa shape index (κ2) is 6.50. The zero-order chi connectivity index (χ0) is 22.1. The van der Waals surface area contributed by atoms with E-state index in [2.05, 4.69) is 4.90 Å². The van der Waals surface area contributed by atoms with Crippen LogP contribution in [0.5, 0.6) is 0 Å². The SMILES string of the molecule is CN1C(=O)N(C)C(=O)C2(Cc3cc(/C=C4/C(=O)COC4=O)ccc3N3CCCC32)C1=O. The molecular formula is C22H21N3O6. The molecule has 1 atom stereocenters. The van der Waals surface area contributed by atoms with Gasteiger partial charge in [-0.1, -0.05) is 6.07 Å². The number of nitrogens with zero attached hydrogens (tertiary/aromatic N) is 3. The molecule has 1 unspecified atom stereocenters. The molecule has 0 aliphatic carbocycles. The number of imide groups is 2. The average molecular weight is 423 g/mol. The van der Waals surface area contributed by atoms with Crippen LogP contribution in [-0.2, 0) is 30.3 Å². The Morgan fingerprint density at radius 2 is 1.77 bits per heavy atom. The summed E-state index contributed by atoms with van der Waals surface area (Å²) in [6.45, 7) is 0.441. The molecule has 9 heteroatoms. The zero-order valence-electron chi connectivity index (χ0n) is 17.2. The molecule has 3 saturated heterocycles. The maximum absolute atomic E-state index is 13.4. The predicted molar refractivity (Wildman–Crippen MR) is 108 cm³/mol. The van der Waals surface area contributed by atoms with Crippen molar-refractivity contribution in [2.45, 2.75) is 25.3 Å². The van der Waals surface area contributed by atoms with E-state index >= 15 is 0 Å². The van der Waals surface area contributed by atoms with Gasteiger partial charge in [0, 0.05) is 26.3 Å². The Morgan fingerprint density at radius 1 is 1.06 bits per heavy atom. The quantitative estimate of drug-likeness (QED) is 0.284. The number of cyclic esters (lactones) is 1. The van der Waals surface area contributed by atoms with E-state index < -0.39 is 29.2 Å². The highest BCUT2D eigenvalue weighted by molar-refractivity contribution is 6.25. The van der Waals surface area contributed by atoms with E-state index in [0.29, 0.717) is 18.5 Å². The van der Waals surface area contributed by atoms with Gasteiger partial charge in [-0.25, -0.2) is 9.59 Å². The first-order chi connectivity index (χ1) is 14.8. The second-order valence-electron chi connectivity index (χ2n) is 8.46. The number of anilines is 1. The van der Waals surface area contributed by atoms with E-state index in [9.17, 15) is 24.0 Å². The van der Waals surface area contributed by atoms with Crippen molar-refractivity contribution in [1.82, 2.24) is 9.80 Å². The predicted octanol–water partition coefficient (Wildman–Crippen LogP) is 0.758. The molecule has 4 amide bonds. The lowest BCUT2D eigenvalue weighted by Gasteiger charge is -2.50. The number of fused-ring (bicyclic) bond motifs is 4. The van der Waals surface area contributed by atoms with E-state index in [4.69, 9.17) is 4.74 Å². The van der Waals surface area contributed by atoms with Crippen LogP contribution in [0.4, 0.5) is 10.5 Å². The fourth-order valence-corrected chi connectivity index (χ4v) is 5.33. The van der Waals surface area contributed by atoms with Crippen LogP contribution in [0.1, 0.15) is 24.0 Å². The number of ether oxygens (including phenoxy) is 1.